The second-order valence-corrected chi connectivity index (χ2v) is 7.14. The van der Waals surface area contributed by atoms with E-state index in [-0.39, 0.29) is 22.5 Å². The molecule has 0 heterocycles. The van der Waals surface area contributed by atoms with Crippen LogP contribution in [-0.4, -0.2) is 16.5 Å². The van der Waals surface area contributed by atoms with Gasteiger partial charge in [-0.2, -0.15) is 0 Å². The van der Waals surface area contributed by atoms with Crippen LogP contribution in [0.15, 0.2) is 12.7 Å². The van der Waals surface area contributed by atoms with Crippen molar-refractivity contribution in [2.75, 3.05) is 0 Å². The highest BCUT2D eigenvalue weighted by atomic mass is 16.3. The summed E-state index contributed by atoms with van der Waals surface area (Å²) in [6.07, 6.45) is 5.19. The molecule has 0 aromatic heterocycles. The third-order valence-corrected chi connectivity index (χ3v) is 6.27. The predicted molar refractivity (Wildman–Crippen MR) is 73.2 cm³/mol. The lowest BCUT2D eigenvalue weighted by molar-refractivity contribution is -0.159. The quantitative estimate of drug-likeness (QED) is 0.777. The molecule has 2 aliphatic carbocycles. The van der Waals surface area contributed by atoms with Crippen molar-refractivity contribution in [3.63, 3.8) is 0 Å². The average Bonchev–Trinajstić information content (AvgIpc) is 2.60. The van der Waals surface area contributed by atoms with E-state index < -0.39 is 5.60 Å². The summed E-state index contributed by atoms with van der Waals surface area (Å²) in [6, 6.07) is 0. The van der Waals surface area contributed by atoms with Gasteiger partial charge in [0.05, 0.1) is 0 Å². The number of Topliss-reactive ketones (excluding diaryl/α,β-unsaturated/α-hetero) is 1. The minimum atomic E-state index is -1.12. The van der Waals surface area contributed by atoms with Crippen molar-refractivity contribution >= 4 is 5.78 Å². The van der Waals surface area contributed by atoms with E-state index in [9.17, 15) is 9.90 Å². The highest BCUT2D eigenvalue weighted by molar-refractivity contribution is 5.91. The first-order valence-electron chi connectivity index (χ1n) is 7.08. The largest absolute Gasteiger partial charge is 0.381 e. The van der Waals surface area contributed by atoms with Crippen molar-refractivity contribution in [1.82, 2.24) is 0 Å². The first kappa shape index (κ1) is 13.8. The Morgan fingerprint density at radius 1 is 1.50 bits per heavy atom. The van der Waals surface area contributed by atoms with Crippen LogP contribution in [0.25, 0.3) is 0 Å². The zero-order valence-corrected chi connectivity index (χ0v) is 12.1. The molecule has 2 saturated carbocycles. The topological polar surface area (TPSA) is 37.3 Å². The van der Waals surface area contributed by atoms with E-state index in [1.54, 1.807) is 6.08 Å². The zero-order valence-electron chi connectivity index (χ0n) is 12.1. The van der Waals surface area contributed by atoms with Crippen LogP contribution in [-0.2, 0) is 4.79 Å². The molecule has 0 saturated heterocycles. The van der Waals surface area contributed by atoms with Crippen LogP contribution in [0.4, 0.5) is 0 Å². The van der Waals surface area contributed by atoms with Crippen LogP contribution in [0, 0.1) is 22.7 Å². The summed E-state index contributed by atoms with van der Waals surface area (Å²) in [6.45, 7) is 12.1. The molecular weight excluding hydrogens is 224 g/mol. The second-order valence-electron chi connectivity index (χ2n) is 7.14. The molecule has 2 heteroatoms. The molecule has 0 aromatic carbocycles. The summed E-state index contributed by atoms with van der Waals surface area (Å²) >= 11 is 0. The Morgan fingerprint density at radius 2 is 2.11 bits per heavy atom. The van der Waals surface area contributed by atoms with Gasteiger partial charge in [0.25, 0.3) is 0 Å². The third kappa shape index (κ3) is 1.41. The zero-order chi connectivity index (χ0) is 13.8. The maximum Gasteiger partial charge on any atom is 0.168 e. The van der Waals surface area contributed by atoms with Gasteiger partial charge in [0.2, 0.25) is 0 Å². The molecule has 2 rings (SSSR count). The summed E-state index contributed by atoms with van der Waals surface area (Å²) in [5.41, 5.74) is -1.33. The van der Waals surface area contributed by atoms with E-state index in [1.165, 1.54) is 0 Å². The number of aliphatic hydroxyl groups is 1. The highest BCUT2D eigenvalue weighted by Crippen LogP contribution is 2.70. The highest BCUT2D eigenvalue weighted by Gasteiger charge is 2.71. The molecule has 2 fully saturated rings. The Labute approximate surface area is 110 Å². The summed E-state index contributed by atoms with van der Waals surface area (Å²) in [5, 5.41) is 11.1. The summed E-state index contributed by atoms with van der Waals surface area (Å²) in [7, 11) is 0. The van der Waals surface area contributed by atoms with Crippen LogP contribution < -0.4 is 0 Å². The SMILES string of the molecule is C=CCC(C)C(=O)[C@@]1(O)C[C@H]2CC[C@]1(C)C2(C)C. The van der Waals surface area contributed by atoms with Crippen molar-refractivity contribution in [3.05, 3.63) is 12.7 Å². The van der Waals surface area contributed by atoms with Crippen molar-refractivity contribution < 1.29 is 9.90 Å². The fraction of sp³-hybridized carbons (Fsp3) is 0.812. The van der Waals surface area contributed by atoms with Gasteiger partial charge in [0.1, 0.15) is 5.60 Å². The van der Waals surface area contributed by atoms with Gasteiger partial charge in [-0.3, -0.25) is 4.79 Å². The summed E-state index contributed by atoms with van der Waals surface area (Å²) in [5.74, 6) is 0.382. The molecule has 4 atom stereocenters. The Balaban J connectivity index is 2.34. The number of hydrogen-bond donors (Lipinski definition) is 1. The van der Waals surface area contributed by atoms with Crippen LogP contribution >= 0.6 is 0 Å². The number of allylic oxidation sites excluding steroid dienone is 1. The molecule has 1 N–H and O–H groups in total. The number of ketones is 1. The molecular formula is C16H26O2. The maximum atomic E-state index is 12.6. The van der Waals surface area contributed by atoms with Crippen LogP contribution in [0.3, 0.4) is 0 Å². The number of rotatable bonds is 4. The molecule has 102 valence electrons. The lowest BCUT2D eigenvalue weighted by Crippen LogP contribution is -2.54. The van der Waals surface area contributed by atoms with Crippen LogP contribution in [0.1, 0.15) is 53.4 Å². The molecule has 18 heavy (non-hydrogen) atoms. The Kier molecular flexibility index (Phi) is 3.01. The summed E-state index contributed by atoms with van der Waals surface area (Å²) < 4.78 is 0. The summed E-state index contributed by atoms with van der Waals surface area (Å²) in [4.78, 5) is 12.6. The second kappa shape index (κ2) is 3.93. The van der Waals surface area contributed by atoms with E-state index in [0.717, 1.165) is 12.8 Å². The molecule has 0 aliphatic heterocycles. The van der Waals surface area contributed by atoms with Gasteiger partial charge >= 0.3 is 0 Å². The van der Waals surface area contributed by atoms with Crippen molar-refractivity contribution in [3.8, 4) is 0 Å². The fourth-order valence-electron chi connectivity index (χ4n) is 4.41. The van der Waals surface area contributed by atoms with Gasteiger partial charge in [-0.25, -0.2) is 0 Å². The number of carbonyl (C=O) groups is 1. The molecule has 0 radical (unpaired) electrons. The minimum absolute atomic E-state index is 0.0279. The Morgan fingerprint density at radius 3 is 2.50 bits per heavy atom. The lowest BCUT2D eigenvalue weighted by atomic mass is 9.62. The van der Waals surface area contributed by atoms with Gasteiger partial charge in [0.15, 0.2) is 5.78 Å². The predicted octanol–water partition coefficient (Wildman–Crippen LogP) is 3.35. The molecule has 0 amide bonds. The molecule has 2 nitrogen and oxygen atoms in total. The Hall–Kier alpha value is -0.630. The number of fused-ring (bicyclic) bond motifs is 2. The van der Waals surface area contributed by atoms with Gasteiger partial charge in [0, 0.05) is 11.3 Å². The smallest absolute Gasteiger partial charge is 0.168 e. The first-order valence-corrected chi connectivity index (χ1v) is 7.08. The van der Waals surface area contributed by atoms with E-state index in [0.29, 0.717) is 18.8 Å². The standard InChI is InChI=1S/C16H26O2/c1-6-7-11(2)13(17)16(18)10-12-8-9-15(16,5)14(12,3)4/h6,11-12,18H,1,7-10H2,2-5H3/t11?,12-,15-,16+/m1/s1. The van der Waals surface area contributed by atoms with E-state index >= 15 is 0 Å². The number of hydrogen-bond acceptors (Lipinski definition) is 2. The normalized spacial score (nSPS) is 42.8. The molecule has 0 spiro atoms. The van der Waals surface area contributed by atoms with Crippen LogP contribution in [0.2, 0.25) is 0 Å². The minimum Gasteiger partial charge on any atom is -0.381 e. The van der Waals surface area contributed by atoms with E-state index in [1.807, 2.05) is 6.92 Å². The van der Waals surface area contributed by atoms with Crippen molar-refractivity contribution in [2.45, 2.75) is 59.0 Å². The first-order chi connectivity index (χ1) is 8.20. The van der Waals surface area contributed by atoms with Crippen molar-refractivity contribution in [1.29, 1.82) is 0 Å². The maximum absolute atomic E-state index is 12.6. The van der Waals surface area contributed by atoms with Gasteiger partial charge in [-0.1, -0.05) is 33.8 Å². The average molecular weight is 250 g/mol. The van der Waals surface area contributed by atoms with E-state index in [2.05, 4.69) is 27.4 Å². The lowest BCUT2D eigenvalue weighted by Gasteiger charge is -2.45. The van der Waals surface area contributed by atoms with Gasteiger partial charge in [-0.05, 0) is 37.0 Å². The molecule has 1 unspecified atom stereocenters. The molecule has 2 aliphatic rings. The van der Waals surface area contributed by atoms with Crippen LogP contribution in [0.5, 0.6) is 0 Å². The van der Waals surface area contributed by atoms with Crippen molar-refractivity contribution in [2.24, 2.45) is 22.7 Å². The van der Waals surface area contributed by atoms with E-state index in [4.69, 9.17) is 0 Å². The van der Waals surface area contributed by atoms with Gasteiger partial charge in [-0.15, -0.1) is 6.58 Å². The monoisotopic (exact) mass is 250 g/mol. The Bertz CT molecular complexity index is 385. The van der Waals surface area contributed by atoms with Gasteiger partial charge < -0.3 is 5.11 Å². The molecule has 0 aromatic rings. The number of carbonyl (C=O) groups excluding carboxylic acids is 1. The fourth-order valence-corrected chi connectivity index (χ4v) is 4.41. The third-order valence-electron chi connectivity index (χ3n) is 6.27. The molecule has 2 bridgehead atoms.